The van der Waals surface area contributed by atoms with Gasteiger partial charge < -0.3 is 4.90 Å². The molecule has 0 radical (unpaired) electrons. The average Bonchev–Trinajstić information content (AvgIpc) is 2.84. The van der Waals surface area contributed by atoms with Crippen molar-refractivity contribution in [3.8, 4) is 6.07 Å². The van der Waals surface area contributed by atoms with Gasteiger partial charge in [-0.15, -0.1) is 0 Å². The summed E-state index contributed by atoms with van der Waals surface area (Å²) in [5.41, 5.74) is 0.521. The number of hydrogen-bond acceptors (Lipinski definition) is 3. The van der Waals surface area contributed by atoms with Gasteiger partial charge in [-0.1, -0.05) is 0 Å². The van der Waals surface area contributed by atoms with Crippen LogP contribution in [-0.2, 0) is 7.05 Å². The summed E-state index contributed by atoms with van der Waals surface area (Å²) in [6, 6.07) is 2.08. The molecule has 0 atom stereocenters. The van der Waals surface area contributed by atoms with E-state index in [1.165, 1.54) is 19.0 Å². The normalized spacial score (nSPS) is 16.1. The SMILES string of the molecule is Cn1ncc(C#N)c1N=CN1CCCC1. The van der Waals surface area contributed by atoms with Crippen LogP contribution in [-0.4, -0.2) is 34.1 Å². The van der Waals surface area contributed by atoms with Gasteiger partial charge in [0.1, 0.15) is 11.6 Å². The van der Waals surface area contributed by atoms with Crippen LogP contribution in [0.1, 0.15) is 18.4 Å². The lowest BCUT2D eigenvalue weighted by atomic mass is 10.4. The van der Waals surface area contributed by atoms with Crippen molar-refractivity contribution < 1.29 is 0 Å². The first-order valence-electron chi connectivity index (χ1n) is 5.01. The topological polar surface area (TPSA) is 57.2 Å². The van der Waals surface area contributed by atoms with Crippen molar-refractivity contribution in [2.24, 2.45) is 12.0 Å². The quantitative estimate of drug-likeness (QED) is 0.533. The van der Waals surface area contributed by atoms with Gasteiger partial charge in [-0.2, -0.15) is 10.4 Å². The van der Waals surface area contributed by atoms with E-state index in [0.717, 1.165) is 13.1 Å². The van der Waals surface area contributed by atoms with Gasteiger partial charge in [-0.25, -0.2) is 9.67 Å². The first-order valence-corrected chi connectivity index (χ1v) is 5.01. The number of hydrogen-bond donors (Lipinski definition) is 0. The van der Waals surface area contributed by atoms with E-state index >= 15 is 0 Å². The maximum absolute atomic E-state index is 8.83. The summed E-state index contributed by atoms with van der Waals surface area (Å²) in [4.78, 5) is 6.46. The predicted octanol–water partition coefficient (Wildman–Crippen LogP) is 1.05. The third-order valence-corrected chi connectivity index (χ3v) is 2.51. The summed E-state index contributed by atoms with van der Waals surface area (Å²) in [7, 11) is 1.79. The molecule has 1 aromatic heterocycles. The van der Waals surface area contributed by atoms with Gasteiger partial charge in [0, 0.05) is 20.1 Å². The molecule has 1 aliphatic heterocycles. The van der Waals surface area contributed by atoms with Crippen LogP contribution in [0.4, 0.5) is 5.82 Å². The molecular formula is C10H13N5. The van der Waals surface area contributed by atoms with E-state index in [1.807, 2.05) is 6.34 Å². The molecular weight excluding hydrogens is 190 g/mol. The number of nitrogens with zero attached hydrogens (tertiary/aromatic N) is 5. The standard InChI is InChI=1S/C10H13N5/c1-14-10(9(6-11)7-13-14)12-8-15-4-2-3-5-15/h7-8H,2-5H2,1H3. The Hall–Kier alpha value is -1.83. The van der Waals surface area contributed by atoms with Crippen LogP contribution in [0, 0.1) is 11.3 Å². The zero-order valence-corrected chi connectivity index (χ0v) is 8.72. The maximum atomic E-state index is 8.83. The van der Waals surface area contributed by atoms with Gasteiger partial charge in [0.25, 0.3) is 0 Å². The summed E-state index contributed by atoms with van der Waals surface area (Å²) >= 11 is 0. The fourth-order valence-corrected chi connectivity index (χ4v) is 1.66. The molecule has 0 saturated carbocycles. The van der Waals surface area contributed by atoms with Gasteiger partial charge in [-0.05, 0) is 12.8 Å². The molecule has 5 nitrogen and oxygen atoms in total. The Bertz CT molecular complexity index is 406. The lowest BCUT2D eigenvalue weighted by Gasteiger charge is -2.08. The van der Waals surface area contributed by atoms with Crippen LogP contribution in [0.15, 0.2) is 11.2 Å². The molecule has 1 aliphatic rings. The van der Waals surface area contributed by atoms with Gasteiger partial charge in [0.2, 0.25) is 0 Å². The largest absolute Gasteiger partial charge is 0.363 e. The fraction of sp³-hybridized carbons (Fsp3) is 0.500. The number of aliphatic imine (C=N–C) groups is 1. The van der Waals surface area contributed by atoms with Crippen molar-refractivity contribution in [3.05, 3.63) is 11.8 Å². The predicted molar refractivity (Wildman–Crippen MR) is 56.9 cm³/mol. The number of likely N-dealkylation sites (tertiary alicyclic amines) is 1. The molecule has 0 N–H and O–H groups in total. The van der Waals surface area contributed by atoms with E-state index in [-0.39, 0.29) is 0 Å². The van der Waals surface area contributed by atoms with Crippen molar-refractivity contribution in [3.63, 3.8) is 0 Å². The summed E-state index contributed by atoms with van der Waals surface area (Å²) in [5.74, 6) is 0.629. The number of nitriles is 1. The third kappa shape index (κ3) is 1.99. The molecule has 0 unspecified atom stereocenters. The zero-order valence-electron chi connectivity index (χ0n) is 8.72. The van der Waals surface area contributed by atoms with Crippen molar-refractivity contribution in [2.45, 2.75) is 12.8 Å². The highest BCUT2D eigenvalue weighted by molar-refractivity contribution is 5.63. The Morgan fingerprint density at radius 3 is 2.93 bits per heavy atom. The summed E-state index contributed by atoms with van der Waals surface area (Å²) in [5, 5.41) is 12.8. The summed E-state index contributed by atoms with van der Waals surface area (Å²) in [6.07, 6.45) is 5.80. The van der Waals surface area contributed by atoms with Crippen LogP contribution in [0.25, 0.3) is 0 Å². The Labute approximate surface area is 88.6 Å². The van der Waals surface area contributed by atoms with E-state index in [2.05, 4.69) is 21.1 Å². The third-order valence-electron chi connectivity index (χ3n) is 2.51. The lowest BCUT2D eigenvalue weighted by molar-refractivity contribution is 0.535. The first kappa shape index (κ1) is 9.71. The molecule has 0 spiro atoms. The monoisotopic (exact) mass is 203 g/mol. The van der Waals surface area contributed by atoms with Gasteiger partial charge in [0.15, 0.2) is 5.82 Å². The van der Waals surface area contributed by atoms with Crippen LogP contribution >= 0.6 is 0 Å². The second kappa shape index (κ2) is 4.13. The Balaban J connectivity index is 2.15. The highest BCUT2D eigenvalue weighted by Crippen LogP contribution is 2.16. The van der Waals surface area contributed by atoms with Crippen molar-refractivity contribution >= 4 is 12.2 Å². The molecule has 0 aromatic carbocycles. The number of rotatable bonds is 2. The molecule has 78 valence electrons. The number of aromatic nitrogens is 2. The Morgan fingerprint density at radius 1 is 1.53 bits per heavy atom. The summed E-state index contributed by atoms with van der Waals surface area (Å²) < 4.78 is 1.62. The van der Waals surface area contributed by atoms with E-state index in [4.69, 9.17) is 5.26 Å². The second-order valence-electron chi connectivity index (χ2n) is 3.60. The molecule has 1 saturated heterocycles. The van der Waals surface area contributed by atoms with Gasteiger partial charge >= 0.3 is 0 Å². The molecule has 0 bridgehead atoms. The molecule has 5 heteroatoms. The molecule has 0 aliphatic carbocycles. The fourth-order valence-electron chi connectivity index (χ4n) is 1.66. The highest BCUT2D eigenvalue weighted by Gasteiger charge is 2.09. The van der Waals surface area contributed by atoms with Crippen molar-refractivity contribution in [1.29, 1.82) is 5.26 Å². The molecule has 1 fully saturated rings. The Morgan fingerprint density at radius 2 is 2.27 bits per heavy atom. The van der Waals surface area contributed by atoms with Crippen molar-refractivity contribution in [1.82, 2.24) is 14.7 Å². The highest BCUT2D eigenvalue weighted by atomic mass is 15.3. The van der Waals surface area contributed by atoms with E-state index < -0.39 is 0 Å². The van der Waals surface area contributed by atoms with E-state index in [0.29, 0.717) is 11.4 Å². The van der Waals surface area contributed by atoms with E-state index in [9.17, 15) is 0 Å². The lowest BCUT2D eigenvalue weighted by Crippen LogP contribution is -2.16. The minimum atomic E-state index is 0.521. The minimum absolute atomic E-state index is 0.521. The Kier molecular flexibility index (Phi) is 2.68. The molecule has 1 aromatic rings. The van der Waals surface area contributed by atoms with Crippen LogP contribution in [0.5, 0.6) is 0 Å². The summed E-state index contributed by atoms with van der Waals surface area (Å²) in [6.45, 7) is 2.12. The van der Waals surface area contributed by atoms with Crippen LogP contribution in [0.3, 0.4) is 0 Å². The molecule has 0 amide bonds. The maximum Gasteiger partial charge on any atom is 0.169 e. The molecule has 2 rings (SSSR count). The van der Waals surface area contributed by atoms with Crippen molar-refractivity contribution in [2.75, 3.05) is 13.1 Å². The zero-order chi connectivity index (χ0) is 10.7. The molecule has 2 heterocycles. The van der Waals surface area contributed by atoms with Gasteiger partial charge in [0.05, 0.1) is 12.5 Å². The van der Waals surface area contributed by atoms with Gasteiger partial charge in [-0.3, -0.25) is 0 Å². The first-order chi connectivity index (χ1) is 7.31. The molecule has 15 heavy (non-hydrogen) atoms. The average molecular weight is 203 g/mol. The van der Waals surface area contributed by atoms with E-state index in [1.54, 1.807) is 11.7 Å². The minimum Gasteiger partial charge on any atom is -0.363 e. The smallest absolute Gasteiger partial charge is 0.169 e. The van der Waals surface area contributed by atoms with Crippen LogP contribution in [0.2, 0.25) is 0 Å². The second-order valence-corrected chi connectivity index (χ2v) is 3.60. The number of aryl methyl sites for hydroxylation is 1. The van der Waals surface area contributed by atoms with Crippen LogP contribution < -0.4 is 0 Å².